The highest BCUT2D eigenvalue weighted by molar-refractivity contribution is 14.0. The second-order valence-corrected chi connectivity index (χ2v) is 7.10. The fourth-order valence-electron chi connectivity index (χ4n) is 2.98. The summed E-state index contributed by atoms with van der Waals surface area (Å²) in [5.74, 6) is 0.717. The number of aromatic nitrogens is 1. The van der Waals surface area contributed by atoms with E-state index in [0.717, 1.165) is 30.0 Å². The van der Waals surface area contributed by atoms with Gasteiger partial charge in [-0.05, 0) is 55.2 Å². The van der Waals surface area contributed by atoms with Gasteiger partial charge in [0.2, 0.25) is 0 Å². The normalized spacial score (nSPS) is 16.2. The first-order valence-electron chi connectivity index (χ1n) is 8.99. The van der Waals surface area contributed by atoms with Crippen LogP contribution >= 0.6 is 35.6 Å². The predicted octanol–water partition coefficient (Wildman–Crippen LogP) is 3.67. The van der Waals surface area contributed by atoms with Crippen LogP contribution in [0.4, 0.5) is 0 Å². The van der Waals surface area contributed by atoms with Crippen molar-refractivity contribution in [2.45, 2.75) is 31.3 Å². The molecule has 1 saturated carbocycles. The first-order valence-corrected chi connectivity index (χ1v) is 9.37. The molecule has 27 heavy (non-hydrogen) atoms. The van der Waals surface area contributed by atoms with Crippen molar-refractivity contribution in [2.75, 3.05) is 19.6 Å². The fourth-order valence-corrected chi connectivity index (χ4v) is 3.17. The Kier molecular flexibility index (Phi) is 8.31. The van der Waals surface area contributed by atoms with E-state index in [4.69, 9.17) is 16.6 Å². The quantitative estimate of drug-likeness (QED) is 0.308. The predicted molar refractivity (Wildman–Crippen MR) is 121 cm³/mol. The summed E-state index contributed by atoms with van der Waals surface area (Å²) in [7, 11) is 0. The molecule has 0 amide bonds. The van der Waals surface area contributed by atoms with Crippen LogP contribution in [0, 0.1) is 0 Å². The van der Waals surface area contributed by atoms with Gasteiger partial charge in [-0.15, -0.1) is 24.0 Å². The highest BCUT2D eigenvalue weighted by Gasteiger charge is 2.44. The third-order valence-electron chi connectivity index (χ3n) is 4.73. The lowest BCUT2D eigenvalue weighted by Crippen LogP contribution is -2.40. The Balaban J connectivity index is 0.00000261. The van der Waals surface area contributed by atoms with Gasteiger partial charge in [0.15, 0.2) is 5.96 Å². The smallest absolute Gasteiger partial charge is 0.191 e. The van der Waals surface area contributed by atoms with Gasteiger partial charge in [-0.1, -0.05) is 23.7 Å². The van der Waals surface area contributed by atoms with Crippen LogP contribution in [0.2, 0.25) is 5.02 Å². The Labute approximate surface area is 182 Å². The lowest BCUT2D eigenvalue weighted by Gasteiger charge is -2.18. The first kappa shape index (κ1) is 21.9. The van der Waals surface area contributed by atoms with Gasteiger partial charge in [0.25, 0.3) is 0 Å². The minimum Gasteiger partial charge on any atom is -0.387 e. The summed E-state index contributed by atoms with van der Waals surface area (Å²) in [5.41, 5.74) is 2.18. The number of aliphatic hydroxyl groups excluding tert-OH is 1. The monoisotopic (exact) mass is 500 g/mol. The van der Waals surface area contributed by atoms with Gasteiger partial charge in [0.1, 0.15) is 0 Å². The van der Waals surface area contributed by atoms with E-state index in [0.29, 0.717) is 19.0 Å². The SMILES string of the molecule is CCNC(=NCC1(c2cccc(Cl)c2)CC1)NCC(O)c1ccncc1.I. The zero-order chi connectivity index (χ0) is 18.4. The zero-order valence-corrected chi connectivity index (χ0v) is 18.4. The second kappa shape index (κ2) is 10.2. The molecule has 0 saturated heterocycles. The summed E-state index contributed by atoms with van der Waals surface area (Å²) in [4.78, 5) is 8.72. The molecule has 2 aromatic rings. The van der Waals surface area contributed by atoms with Crippen molar-refractivity contribution in [1.82, 2.24) is 15.6 Å². The fraction of sp³-hybridized carbons (Fsp3) is 0.400. The molecule has 3 rings (SSSR count). The molecular formula is C20H26ClIN4O. The zero-order valence-electron chi connectivity index (χ0n) is 15.4. The molecule has 0 radical (unpaired) electrons. The summed E-state index contributed by atoms with van der Waals surface area (Å²) in [6.07, 6.45) is 5.00. The van der Waals surface area contributed by atoms with E-state index in [9.17, 15) is 5.11 Å². The lowest BCUT2D eigenvalue weighted by molar-refractivity contribution is 0.180. The minimum atomic E-state index is -0.607. The number of nitrogens with one attached hydrogen (secondary N) is 2. The molecule has 1 aliphatic carbocycles. The Morgan fingerprint density at radius 3 is 2.63 bits per heavy atom. The average molecular weight is 501 g/mol. The summed E-state index contributed by atoms with van der Waals surface area (Å²) in [6.45, 7) is 3.88. The Morgan fingerprint density at radius 1 is 1.26 bits per heavy atom. The van der Waals surface area contributed by atoms with E-state index in [1.165, 1.54) is 5.56 Å². The molecule has 1 aromatic heterocycles. The van der Waals surface area contributed by atoms with Crippen LogP contribution in [0.15, 0.2) is 53.8 Å². The van der Waals surface area contributed by atoms with E-state index in [-0.39, 0.29) is 29.4 Å². The number of halogens is 2. The van der Waals surface area contributed by atoms with Crippen molar-refractivity contribution in [2.24, 2.45) is 4.99 Å². The van der Waals surface area contributed by atoms with E-state index < -0.39 is 6.10 Å². The Morgan fingerprint density at radius 2 is 2.00 bits per heavy atom. The number of aliphatic hydroxyl groups is 1. The maximum absolute atomic E-state index is 10.3. The summed E-state index contributed by atoms with van der Waals surface area (Å²) in [6, 6.07) is 11.7. The molecule has 5 nitrogen and oxygen atoms in total. The van der Waals surface area contributed by atoms with Crippen molar-refractivity contribution in [3.05, 3.63) is 64.9 Å². The van der Waals surface area contributed by atoms with Crippen LogP contribution in [0.5, 0.6) is 0 Å². The van der Waals surface area contributed by atoms with Gasteiger partial charge in [0, 0.05) is 35.9 Å². The van der Waals surface area contributed by atoms with Crippen molar-refractivity contribution in [3.63, 3.8) is 0 Å². The van der Waals surface area contributed by atoms with Crippen molar-refractivity contribution in [3.8, 4) is 0 Å². The van der Waals surface area contributed by atoms with Crippen LogP contribution in [0.3, 0.4) is 0 Å². The molecule has 1 atom stereocenters. The molecule has 0 spiro atoms. The molecule has 1 heterocycles. The lowest BCUT2D eigenvalue weighted by atomic mass is 9.96. The van der Waals surface area contributed by atoms with E-state index in [2.05, 4.69) is 21.7 Å². The topological polar surface area (TPSA) is 69.5 Å². The van der Waals surface area contributed by atoms with Gasteiger partial charge in [0.05, 0.1) is 12.6 Å². The Bertz CT molecular complexity index is 753. The maximum Gasteiger partial charge on any atom is 0.191 e. The minimum absolute atomic E-state index is 0. The maximum atomic E-state index is 10.3. The average Bonchev–Trinajstić information content (AvgIpc) is 3.46. The summed E-state index contributed by atoms with van der Waals surface area (Å²) < 4.78 is 0. The number of hydrogen-bond acceptors (Lipinski definition) is 3. The largest absolute Gasteiger partial charge is 0.387 e. The van der Waals surface area contributed by atoms with Gasteiger partial charge in [-0.3, -0.25) is 9.98 Å². The summed E-state index contributed by atoms with van der Waals surface area (Å²) in [5, 5.41) is 17.5. The van der Waals surface area contributed by atoms with Crippen molar-refractivity contribution < 1.29 is 5.11 Å². The number of nitrogens with zero attached hydrogens (tertiary/aromatic N) is 2. The number of pyridine rings is 1. The number of hydrogen-bond donors (Lipinski definition) is 3. The molecule has 0 aliphatic heterocycles. The molecule has 0 bridgehead atoms. The molecule has 1 fully saturated rings. The number of rotatable bonds is 7. The van der Waals surface area contributed by atoms with Crippen LogP contribution in [-0.4, -0.2) is 35.7 Å². The number of guanidine groups is 1. The third kappa shape index (κ3) is 6.05. The van der Waals surface area contributed by atoms with E-state index in [1.807, 2.05) is 37.3 Å². The number of aliphatic imine (C=N–C) groups is 1. The standard InChI is InChI=1S/C20H25ClN4O.HI/c1-2-23-19(24-13-18(26)15-6-10-22-11-7-15)25-14-20(8-9-20)16-4-3-5-17(21)12-16;/h3-7,10-12,18,26H,2,8-9,13-14H2,1H3,(H2,23,24,25);1H. The highest BCUT2D eigenvalue weighted by atomic mass is 127. The van der Waals surface area contributed by atoms with Crippen LogP contribution in [0.1, 0.15) is 37.0 Å². The molecule has 1 aromatic carbocycles. The van der Waals surface area contributed by atoms with Crippen LogP contribution in [0.25, 0.3) is 0 Å². The van der Waals surface area contributed by atoms with E-state index in [1.54, 1.807) is 12.4 Å². The molecule has 146 valence electrons. The highest BCUT2D eigenvalue weighted by Crippen LogP contribution is 2.48. The van der Waals surface area contributed by atoms with Crippen LogP contribution < -0.4 is 10.6 Å². The van der Waals surface area contributed by atoms with Crippen LogP contribution in [-0.2, 0) is 5.41 Å². The molecular weight excluding hydrogens is 475 g/mol. The molecule has 1 unspecified atom stereocenters. The number of benzene rings is 1. The van der Waals surface area contributed by atoms with Crippen molar-refractivity contribution in [1.29, 1.82) is 0 Å². The van der Waals surface area contributed by atoms with Gasteiger partial charge >= 0.3 is 0 Å². The second-order valence-electron chi connectivity index (χ2n) is 6.66. The van der Waals surface area contributed by atoms with Gasteiger partial charge in [-0.2, -0.15) is 0 Å². The van der Waals surface area contributed by atoms with E-state index >= 15 is 0 Å². The van der Waals surface area contributed by atoms with Gasteiger partial charge in [-0.25, -0.2) is 0 Å². The Hall–Kier alpha value is -1.38. The molecule has 1 aliphatic rings. The molecule has 3 N–H and O–H groups in total. The summed E-state index contributed by atoms with van der Waals surface area (Å²) >= 11 is 6.14. The van der Waals surface area contributed by atoms with Gasteiger partial charge < -0.3 is 15.7 Å². The first-order chi connectivity index (χ1) is 12.6. The molecule has 7 heteroatoms. The van der Waals surface area contributed by atoms with Crippen molar-refractivity contribution >= 4 is 41.5 Å². The third-order valence-corrected chi connectivity index (χ3v) is 4.96.